The highest BCUT2D eigenvalue weighted by Gasteiger charge is 2.14. The number of fused-ring (bicyclic) bond motifs is 2. The van der Waals surface area contributed by atoms with Gasteiger partial charge in [0.25, 0.3) is 0 Å². The maximum atomic E-state index is 12.4. The first-order valence-corrected chi connectivity index (χ1v) is 17.8. The van der Waals surface area contributed by atoms with Gasteiger partial charge in [-0.05, 0) is 57.1 Å². The quantitative estimate of drug-likeness (QED) is 0.0430. The molecule has 0 unspecified atom stereocenters. The van der Waals surface area contributed by atoms with Gasteiger partial charge in [-0.15, -0.1) is 0 Å². The third-order valence-electron chi connectivity index (χ3n) is 9.04. The molecule has 256 valence electrons. The molecule has 0 saturated heterocycles. The number of rotatable bonds is 18. The normalized spacial score (nSPS) is 11.1. The summed E-state index contributed by atoms with van der Waals surface area (Å²) in [4.78, 5) is 24.6. The van der Waals surface area contributed by atoms with Crippen molar-refractivity contribution < 1.29 is 14.3 Å². The van der Waals surface area contributed by atoms with E-state index < -0.39 is 12.1 Å². The van der Waals surface area contributed by atoms with Crippen LogP contribution in [0.2, 0.25) is 0 Å². The average molecular weight is 659 g/mol. The van der Waals surface area contributed by atoms with Crippen LogP contribution >= 0.6 is 0 Å². The number of carbonyl (C=O) groups is 2. The van der Waals surface area contributed by atoms with Crippen LogP contribution in [0.3, 0.4) is 0 Å². The van der Waals surface area contributed by atoms with Crippen molar-refractivity contribution in [2.24, 2.45) is 0 Å². The SMILES string of the molecule is O=C(NCCCCCCCCCCCOCC(c1ccccc1)c1ccccc1)NNC(=O)NCc1c2ccccc2cc2ccccc12. The van der Waals surface area contributed by atoms with Gasteiger partial charge < -0.3 is 15.4 Å². The van der Waals surface area contributed by atoms with Crippen LogP contribution in [0.5, 0.6) is 0 Å². The molecule has 4 N–H and O–H groups in total. The summed E-state index contributed by atoms with van der Waals surface area (Å²) in [6, 6.07) is 38.9. The van der Waals surface area contributed by atoms with E-state index in [1.165, 1.54) is 43.2 Å². The molecule has 0 fully saturated rings. The number of hydrogen-bond donors (Lipinski definition) is 4. The van der Waals surface area contributed by atoms with Crippen LogP contribution in [0.4, 0.5) is 9.59 Å². The highest BCUT2D eigenvalue weighted by atomic mass is 16.5. The fourth-order valence-electron chi connectivity index (χ4n) is 6.39. The van der Waals surface area contributed by atoms with Crippen LogP contribution in [0.25, 0.3) is 21.5 Å². The molecule has 0 aliphatic heterocycles. The first kappa shape index (κ1) is 35.4. The Labute approximate surface area is 290 Å². The standard InChI is InChI=1S/C42H50N4O3/c47-41(45-46-42(48)44-31-39-37-26-16-14-24-35(37)30-36-25-15-17-27-38(36)39)43-28-18-6-4-2-1-3-5-7-19-29-49-32-40(33-20-10-8-11-21-33)34-22-12-9-13-23-34/h8-17,20-27,30,40H,1-7,18-19,28-29,31-32H2,(H2,43,45,47)(H2,44,46,48). The summed E-state index contributed by atoms with van der Waals surface area (Å²) in [6.45, 7) is 2.43. The van der Waals surface area contributed by atoms with Crippen molar-refractivity contribution in [2.75, 3.05) is 19.8 Å². The third kappa shape index (κ3) is 11.4. The third-order valence-corrected chi connectivity index (χ3v) is 9.04. The lowest BCUT2D eigenvalue weighted by Gasteiger charge is -2.18. The predicted molar refractivity (Wildman–Crippen MR) is 200 cm³/mol. The fourth-order valence-corrected chi connectivity index (χ4v) is 6.39. The van der Waals surface area contributed by atoms with Gasteiger partial charge in [0, 0.05) is 25.6 Å². The lowest BCUT2D eigenvalue weighted by molar-refractivity contribution is 0.123. The van der Waals surface area contributed by atoms with Crippen molar-refractivity contribution in [3.05, 3.63) is 132 Å². The number of carbonyl (C=O) groups excluding carboxylic acids is 2. The van der Waals surface area contributed by atoms with Crippen LogP contribution in [-0.2, 0) is 11.3 Å². The number of urea groups is 2. The van der Waals surface area contributed by atoms with E-state index in [0.717, 1.165) is 59.4 Å². The monoisotopic (exact) mass is 658 g/mol. The van der Waals surface area contributed by atoms with Crippen LogP contribution in [0, 0.1) is 0 Å². The number of benzene rings is 5. The number of nitrogens with one attached hydrogen (secondary N) is 4. The Bertz CT molecular complexity index is 1630. The molecule has 4 amide bonds. The zero-order valence-electron chi connectivity index (χ0n) is 28.5. The summed E-state index contributed by atoms with van der Waals surface area (Å²) in [7, 11) is 0. The summed E-state index contributed by atoms with van der Waals surface area (Å²) >= 11 is 0. The molecule has 7 nitrogen and oxygen atoms in total. The summed E-state index contributed by atoms with van der Waals surface area (Å²) in [5.74, 6) is 0.267. The molecule has 7 heteroatoms. The number of unbranched alkanes of at least 4 members (excludes halogenated alkanes) is 8. The Balaban J connectivity index is 0.852. The van der Waals surface area contributed by atoms with Crippen molar-refractivity contribution in [1.82, 2.24) is 21.5 Å². The molecule has 0 saturated carbocycles. The molecule has 5 aromatic rings. The van der Waals surface area contributed by atoms with Crippen molar-refractivity contribution >= 4 is 33.6 Å². The first-order chi connectivity index (χ1) is 24.2. The van der Waals surface area contributed by atoms with E-state index in [1.807, 2.05) is 24.3 Å². The van der Waals surface area contributed by atoms with E-state index in [1.54, 1.807) is 0 Å². The molecular weight excluding hydrogens is 608 g/mol. The average Bonchev–Trinajstić information content (AvgIpc) is 3.14. The fraction of sp³-hybridized carbons (Fsp3) is 0.333. The topological polar surface area (TPSA) is 91.5 Å². The van der Waals surface area contributed by atoms with E-state index in [-0.39, 0.29) is 5.92 Å². The molecule has 0 bridgehead atoms. The second-order valence-electron chi connectivity index (χ2n) is 12.6. The Morgan fingerprint density at radius 2 is 1.00 bits per heavy atom. The van der Waals surface area contributed by atoms with Gasteiger partial charge in [-0.3, -0.25) is 0 Å². The van der Waals surface area contributed by atoms with E-state index >= 15 is 0 Å². The van der Waals surface area contributed by atoms with Crippen LogP contribution in [0.15, 0.2) is 115 Å². The van der Waals surface area contributed by atoms with E-state index in [2.05, 4.69) is 112 Å². The van der Waals surface area contributed by atoms with Crippen LogP contribution < -0.4 is 21.5 Å². The van der Waals surface area contributed by atoms with Gasteiger partial charge in [-0.2, -0.15) is 0 Å². The van der Waals surface area contributed by atoms with Crippen molar-refractivity contribution in [2.45, 2.75) is 70.3 Å². The minimum atomic E-state index is -0.459. The Kier molecular flexibility index (Phi) is 14.3. The Hall–Kier alpha value is -4.88. The maximum Gasteiger partial charge on any atom is 0.333 e. The Morgan fingerprint density at radius 1 is 0.531 bits per heavy atom. The van der Waals surface area contributed by atoms with Gasteiger partial charge in [-0.25, -0.2) is 20.4 Å². The van der Waals surface area contributed by atoms with Gasteiger partial charge in [0.15, 0.2) is 0 Å². The summed E-state index contributed by atoms with van der Waals surface area (Å²) in [6.07, 6.45) is 10.4. The van der Waals surface area contributed by atoms with Crippen LogP contribution in [0.1, 0.15) is 80.4 Å². The number of ether oxygens (including phenoxy) is 1. The second-order valence-corrected chi connectivity index (χ2v) is 12.6. The van der Waals surface area contributed by atoms with Gasteiger partial charge in [0.1, 0.15) is 0 Å². The summed E-state index contributed by atoms with van der Waals surface area (Å²) in [5.41, 5.74) is 8.52. The van der Waals surface area contributed by atoms with E-state index in [4.69, 9.17) is 4.74 Å². The van der Waals surface area contributed by atoms with E-state index in [9.17, 15) is 9.59 Å². The zero-order valence-corrected chi connectivity index (χ0v) is 28.5. The van der Waals surface area contributed by atoms with Crippen molar-refractivity contribution in [3.8, 4) is 0 Å². The molecule has 0 atom stereocenters. The predicted octanol–water partition coefficient (Wildman–Crippen LogP) is 9.37. The van der Waals surface area contributed by atoms with Gasteiger partial charge >= 0.3 is 12.1 Å². The zero-order chi connectivity index (χ0) is 33.9. The molecule has 49 heavy (non-hydrogen) atoms. The molecule has 5 rings (SSSR count). The van der Waals surface area contributed by atoms with Crippen molar-refractivity contribution in [3.63, 3.8) is 0 Å². The lowest BCUT2D eigenvalue weighted by Crippen LogP contribution is -2.50. The minimum Gasteiger partial charge on any atom is -0.380 e. The highest BCUT2D eigenvalue weighted by Crippen LogP contribution is 2.28. The number of hydrazine groups is 1. The summed E-state index contributed by atoms with van der Waals surface area (Å²) in [5, 5.41) is 10.1. The molecule has 0 aliphatic rings. The molecule has 0 heterocycles. The van der Waals surface area contributed by atoms with Gasteiger partial charge in [0.05, 0.1) is 6.61 Å². The highest BCUT2D eigenvalue weighted by molar-refractivity contribution is 6.02. The second kappa shape index (κ2) is 19.8. The number of amides is 4. The maximum absolute atomic E-state index is 12.4. The molecule has 0 radical (unpaired) electrons. The lowest BCUT2D eigenvalue weighted by atomic mass is 9.92. The molecule has 0 spiro atoms. The summed E-state index contributed by atoms with van der Waals surface area (Å²) < 4.78 is 6.13. The smallest absolute Gasteiger partial charge is 0.333 e. The van der Waals surface area contributed by atoms with Crippen LogP contribution in [-0.4, -0.2) is 31.8 Å². The number of hydrogen-bond acceptors (Lipinski definition) is 3. The Morgan fingerprint density at radius 3 is 1.57 bits per heavy atom. The molecular formula is C42H50N4O3. The van der Waals surface area contributed by atoms with Crippen molar-refractivity contribution in [1.29, 1.82) is 0 Å². The van der Waals surface area contributed by atoms with Gasteiger partial charge in [-0.1, -0.05) is 154 Å². The molecule has 0 aliphatic carbocycles. The van der Waals surface area contributed by atoms with Gasteiger partial charge in [0.2, 0.25) is 0 Å². The first-order valence-electron chi connectivity index (χ1n) is 17.8. The van der Waals surface area contributed by atoms with E-state index in [0.29, 0.717) is 19.7 Å². The molecule has 0 aromatic heterocycles. The largest absolute Gasteiger partial charge is 0.380 e. The minimum absolute atomic E-state index is 0.267. The molecule has 5 aromatic carbocycles.